The maximum atomic E-state index is 12.4. The van der Waals surface area contributed by atoms with Crippen LogP contribution in [0.5, 0.6) is 11.5 Å². The number of allylic oxidation sites excluding steroid dienone is 4. The highest BCUT2D eigenvalue weighted by Crippen LogP contribution is 2.42. The van der Waals surface area contributed by atoms with Crippen molar-refractivity contribution in [3.63, 3.8) is 0 Å². The summed E-state index contributed by atoms with van der Waals surface area (Å²) < 4.78 is 17.0. The lowest BCUT2D eigenvalue weighted by atomic mass is 9.88. The average Bonchev–Trinajstić information content (AvgIpc) is 2.73. The Morgan fingerprint density at radius 2 is 1.61 bits per heavy atom. The zero-order chi connectivity index (χ0) is 23.1. The topological polar surface area (TPSA) is 110 Å². The summed E-state index contributed by atoms with van der Waals surface area (Å²) in [7, 11) is 2.93. The van der Waals surface area contributed by atoms with Crippen molar-refractivity contribution < 1.29 is 29.4 Å². The van der Waals surface area contributed by atoms with Crippen molar-refractivity contribution in [2.45, 2.75) is 40.2 Å². The second-order valence-electron chi connectivity index (χ2n) is 7.42. The smallest absolute Gasteiger partial charge is 0.331 e. The maximum absolute atomic E-state index is 12.4. The lowest BCUT2D eigenvalue weighted by Gasteiger charge is -2.25. The Morgan fingerprint density at radius 3 is 2.10 bits per heavy atom. The largest absolute Gasteiger partial charge is 0.496 e. The molecule has 8 heteroatoms. The summed E-state index contributed by atoms with van der Waals surface area (Å²) in [6, 6.07) is 1.68. The van der Waals surface area contributed by atoms with Gasteiger partial charge in [0.2, 0.25) is 0 Å². The summed E-state index contributed by atoms with van der Waals surface area (Å²) in [5.74, 6) is 0.190. The van der Waals surface area contributed by atoms with E-state index in [9.17, 15) is 15.2 Å². The first kappa shape index (κ1) is 23.7. The number of hydrogen-bond donors (Lipinski definition) is 2. The first-order chi connectivity index (χ1) is 14.8. The van der Waals surface area contributed by atoms with E-state index in [2.05, 4.69) is 10.3 Å². The van der Waals surface area contributed by atoms with Gasteiger partial charge in [-0.2, -0.15) is 0 Å². The highest BCUT2D eigenvalue weighted by molar-refractivity contribution is 6.27. The van der Waals surface area contributed by atoms with Crippen molar-refractivity contribution in [1.82, 2.24) is 0 Å². The van der Waals surface area contributed by atoms with Crippen LogP contribution in [0.15, 0.2) is 51.8 Å². The molecule has 2 rings (SSSR count). The monoisotopic (exact) mass is 428 g/mol. The molecule has 1 aliphatic rings. The molecule has 1 aliphatic carbocycles. The molecule has 1 aromatic rings. The quantitative estimate of drug-likeness (QED) is 0.217. The number of hydrogen-bond acceptors (Lipinski definition) is 8. The molecule has 8 nitrogen and oxygen atoms in total. The summed E-state index contributed by atoms with van der Waals surface area (Å²) in [4.78, 5) is 12.4. The highest BCUT2D eigenvalue weighted by atomic mass is 16.5. The van der Waals surface area contributed by atoms with Crippen LogP contribution in [0.4, 0.5) is 0 Å². The Hall–Kier alpha value is -3.55. The Morgan fingerprint density at radius 1 is 1.00 bits per heavy atom. The van der Waals surface area contributed by atoms with E-state index in [0.29, 0.717) is 34.6 Å². The Labute approximate surface area is 181 Å². The molecule has 0 saturated carbocycles. The molecule has 0 saturated heterocycles. The van der Waals surface area contributed by atoms with Gasteiger partial charge in [-0.3, -0.25) is 0 Å². The molecule has 1 atom stereocenters. The Kier molecular flexibility index (Phi) is 8.01. The fourth-order valence-electron chi connectivity index (χ4n) is 3.26. The molecule has 0 amide bonds. The Balaban J connectivity index is 2.79. The average molecular weight is 428 g/mol. The summed E-state index contributed by atoms with van der Waals surface area (Å²) in [6.07, 6.45) is 6.04. The van der Waals surface area contributed by atoms with E-state index in [0.717, 1.165) is 11.1 Å². The van der Waals surface area contributed by atoms with Gasteiger partial charge in [-0.05, 0) is 45.9 Å². The van der Waals surface area contributed by atoms with E-state index < -0.39 is 12.1 Å². The van der Waals surface area contributed by atoms with E-state index in [4.69, 9.17) is 14.2 Å². The molecule has 0 radical (unpaired) electrons. The van der Waals surface area contributed by atoms with Gasteiger partial charge in [0.25, 0.3) is 0 Å². The molecule has 1 aromatic carbocycles. The molecule has 0 unspecified atom stereocenters. The molecule has 0 fully saturated rings. The Bertz CT molecular complexity index is 994. The van der Waals surface area contributed by atoms with E-state index in [-0.39, 0.29) is 11.4 Å². The van der Waals surface area contributed by atoms with E-state index in [1.807, 2.05) is 19.9 Å². The van der Waals surface area contributed by atoms with E-state index in [1.165, 1.54) is 32.4 Å². The molecule has 0 aromatic heterocycles. The molecule has 31 heavy (non-hydrogen) atoms. The van der Waals surface area contributed by atoms with Gasteiger partial charge in [0, 0.05) is 18.1 Å². The molecular formula is C23H28N2O6. The number of carbonyl (C=O) groups excluding carboxylic acids is 1. The van der Waals surface area contributed by atoms with Crippen LogP contribution in [0.1, 0.15) is 56.9 Å². The third-order valence-electron chi connectivity index (χ3n) is 4.58. The van der Waals surface area contributed by atoms with Crippen molar-refractivity contribution in [1.29, 1.82) is 0 Å². The number of ether oxygens (including phenoxy) is 3. The number of benzene rings is 1. The van der Waals surface area contributed by atoms with Gasteiger partial charge >= 0.3 is 5.97 Å². The molecule has 166 valence electrons. The number of esters is 1. The van der Waals surface area contributed by atoms with Gasteiger partial charge in [0.05, 0.1) is 25.3 Å². The number of rotatable bonds is 7. The zero-order valence-corrected chi connectivity index (χ0v) is 18.6. The van der Waals surface area contributed by atoms with Gasteiger partial charge < -0.3 is 24.6 Å². The lowest BCUT2D eigenvalue weighted by molar-refractivity contribution is -0.143. The number of carbonyl (C=O) groups is 1. The van der Waals surface area contributed by atoms with Crippen molar-refractivity contribution in [2.24, 2.45) is 10.3 Å². The van der Waals surface area contributed by atoms with Gasteiger partial charge in [-0.1, -0.05) is 27.5 Å². The van der Waals surface area contributed by atoms with Crippen LogP contribution in [0.25, 0.3) is 0 Å². The molecule has 0 aliphatic heterocycles. The third kappa shape index (κ3) is 5.33. The zero-order valence-electron chi connectivity index (χ0n) is 18.6. The van der Waals surface area contributed by atoms with E-state index >= 15 is 0 Å². The van der Waals surface area contributed by atoms with Crippen LogP contribution in [-0.2, 0) is 9.53 Å². The molecule has 0 bridgehead atoms. The molecule has 0 heterocycles. The summed E-state index contributed by atoms with van der Waals surface area (Å²) in [5.41, 5.74) is 3.57. The van der Waals surface area contributed by atoms with Crippen molar-refractivity contribution >= 4 is 17.4 Å². The van der Waals surface area contributed by atoms with Crippen LogP contribution >= 0.6 is 0 Å². The summed E-state index contributed by atoms with van der Waals surface area (Å²) >= 11 is 0. The third-order valence-corrected chi connectivity index (χ3v) is 4.58. The van der Waals surface area contributed by atoms with Gasteiger partial charge in [-0.15, -0.1) is 0 Å². The van der Waals surface area contributed by atoms with E-state index in [1.54, 1.807) is 19.9 Å². The molecular weight excluding hydrogens is 400 g/mol. The van der Waals surface area contributed by atoms with Crippen LogP contribution in [-0.4, -0.2) is 42.0 Å². The maximum Gasteiger partial charge on any atom is 0.331 e. The van der Waals surface area contributed by atoms with Gasteiger partial charge in [-0.25, -0.2) is 4.79 Å². The number of methoxy groups -OCH3 is 2. The van der Waals surface area contributed by atoms with Crippen LogP contribution in [0.3, 0.4) is 0 Å². The van der Waals surface area contributed by atoms with Crippen molar-refractivity contribution in [3.8, 4) is 11.5 Å². The molecule has 2 N–H and O–H groups in total. The second-order valence-corrected chi connectivity index (χ2v) is 7.42. The predicted molar refractivity (Wildman–Crippen MR) is 118 cm³/mol. The minimum absolute atomic E-state index is 0.191. The first-order valence-corrected chi connectivity index (χ1v) is 9.68. The van der Waals surface area contributed by atoms with Crippen molar-refractivity contribution in [2.75, 3.05) is 14.2 Å². The first-order valence-electron chi connectivity index (χ1n) is 9.68. The minimum Gasteiger partial charge on any atom is -0.496 e. The summed E-state index contributed by atoms with van der Waals surface area (Å²) in [5, 5.41) is 25.7. The predicted octanol–water partition coefficient (Wildman–Crippen LogP) is 4.54. The number of fused-ring (bicyclic) bond motifs is 1. The SMILES string of the molecule is COc1cc([C@@H](CC=C(C)C)OC(=O)C=C(C)C)c(OC)c2c1C(=NO)C=CC2=NO. The van der Waals surface area contributed by atoms with Gasteiger partial charge in [0.1, 0.15) is 29.0 Å². The number of nitrogens with zero attached hydrogens (tertiary/aromatic N) is 2. The minimum atomic E-state index is -0.701. The fraction of sp³-hybridized carbons (Fsp3) is 0.348. The number of oxime groups is 2. The summed E-state index contributed by atoms with van der Waals surface area (Å²) in [6.45, 7) is 7.51. The normalized spacial score (nSPS) is 15.8. The standard InChI is InChI=1S/C23H28N2O6/c1-13(2)7-10-18(31-20(26)11-14(3)4)15-12-19(29-5)21-16(24-27)8-9-17(25-28)22(21)23(15)30-6/h7-9,11-12,18,27-28H,10H2,1-6H3/t18-/m1/s1. The van der Waals surface area contributed by atoms with Crippen LogP contribution < -0.4 is 9.47 Å². The fourth-order valence-corrected chi connectivity index (χ4v) is 3.26. The van der Waals surface area contributed by atoms with Crippen LogP contribution in [0, 0.1) is 0 Å². The van der Waals surface area contributed by atoms with Crippen molar-refractivity contribution in [3.05, 3.63) is 58.2 Å². The second kappa shape index (κ2) is 10.5. The lowest BCUT2D eigenvalue weighted by Crippen LogP contribution is -2.19. The van der Waals surface area contributed by atoms with Crippen LogP contribution in [0.2, 0.25) is 0 Å². The van der Waals surface area contributed by atoms with Gasteiger partial charge in [0.15, 0.2) is 0 Å². The molecule has 0 spiro atoms. The highest BCUT2D eigenvalue weighted by Gasteiger charge is 2.31.